The normalized spacial score (nSPS) is 17.8. The molecule has 10 nitrogen and oxygen atoms in total. The summed E-state index contributed by atoms with van der Waals surface area (Å²) < 4.78 is 3.32. The molecule has 1 aliphatic rings. The monoisotopic (exact) mass is 389 g/mol. The summed E-state index contributed by atoms with van der Waals surface area (Å²) in [5.74, 6) is -0.970. The summed E-state index contributed by atoms with van der Waals surface area (Å²) in [4.78, 5) is 25.5. The number of carbonyl (C=O) groups is 2. The van der Waals surface area contributed by atoms with Crippen molar-refractivity contribution in [3.63, 3.8) is 0 Å². The molecule has 1 fully saturated rings. The molecule has 10 heteroatoms. The molecule has 28 heavy (non-hydrogen) atoms. The predicted octanol–water partition coefficient (Wildman–Crippen LogP) is 0.811. The van der Waals surface area contributed by atoms with Crippen LogP contribution < -0.4 is 5.32 Å². The molecule has 3 heterocycles. The highest BCUT2D eigenvalue weighted by Crippen LogP contribution is 2.19. The Labute approximate surface area is 163 Å². The van der Waals surface area contributed by atoms with E-state index in [0.29, 0.717) is 25.2 Å². The van der Waals surface area contributed by atoms with Crippen molar-refractivity contribution in [1.29, 1.82) is 0 Å². The number of piperidine rings is 1. The molecule has 0 radical (unpaired) electrons. The van der Waals surface area contributed by atoms with E-state index in [1.807, 2.05) is 29.6 Å². The number of likely N-dealkylation sites (tertiary alicyclic amines) is 1. The highest BCUT2D eigenvalue weighted by Gasteiger charge is 2.28. The molecule has 1 atom stereocenters. The Balaban J connectivity index is 1.49. The smallest absolute Gasteiger partial charge is 0.320 e. The van der Waals surface area contributed by atoms with Crippen LogP contribution in [0.3, 0.4) is 0 Å². The summed E-state index contributed by atoms with van der Waals surface area (Å²) in [5.41, 5.74) is 1.60. The van der Waals surface area contributed by atoms with E-state index < -0.39 is 12.0 Å². The molecule has 0 aromatic carbocycles. The number of carboxylic acids is 1. The summed E-state index contributed by atoms with van der Waals surface area (Å²) in [6.45, 7) is 5.70. The molecule has 0 aliphatic carbocycles. The maximum Gasteiger partial charge on any atom is 0.320 e. The van der Waals surface area contributed by atoms with E-state index in [-0.39, 0.29) is 18.5 Å². The zero-order valence-corrected chi connectivity index (χ0v) is 16.3. The molecule has 3 rings (SSSR count). The van der Waals surface area contributed by atoms with E-state index in [2.05, 4.69) is 20.7 Å². The largest absolute Gasteiger partial charge is 0.480 e. The van der Waals surface area contributed by atoms with Gasteiger partial charge in [0, 0.05) is 30.9 Å². The number of carboxylic acid groups (broad SMARTS) is 1. The first-order valence-electron chi connectivity index (χ1n) is 9.58. The summed E-state index contributed by atoms with van der Waals surface area (Å²) in [6, 6.07) is -0.201. The van der Waals surface area contributed by atoms with Crippen molar-refractivity contribution in [1.82, 2.24) is 35.0 Å². The van der Waals surface area contributed by atoms with Crippen LogP contribution in [0, 0.1) is 0 Å². The first-order valence-corrected chi connectivity index (χ1v) is 9.58. The van der Waals surface area contributed by atoms with Crippen molar-refractivity contribution in [3.05, 3.63) is 29.8 Å². The van der Waals surface area contributed by atoms with Gasteiger partial charge >= 0.3 is 5.97 Å². The van der Waals surface area contributed by atoms with Crippen LogP contribution in [0.1, 0.15) is 50.4 Å². The standard InChI is InChI=1S/C18H27N7O3/c1-13(2)25-9-14(8-20-25)7-19-17(26)12-24-11-15(21-22-24)10-23-6-4-3-5-16(23)18(27)28/h8-9,11,13,16H,3-7,10,12H2,1-2H3,(H,19,26)(H,27,28). The van der Waals surface area contributed by atoms with Crippen molar-refractivity contribution >= 4 is 11.9 Å². The lowest BCUT2D eigenvalue weighted by molar-refractivity contribution is -0.144. The minimum absolute atomic E-state index is 0.0632. The Morgan fingerprint density at radius 1 is 1.32 bits per heavy atom. The van der Waals surface area contributed by atoms with Gasteiger partial charge in [0.05, 0.1) is 18.1 Å². The Bertz CT molecular complexity index is 814. The molecule has 2 aromatic heterocycles. The lowest BCUT2D eigenvalue weighted by atomic mass is 10.0. The van der Waals surface area contributed by atoms with Crippen LogP contribution in [-0.2, 0) is 29.2 Å². The topological polar surface area (TPSA) is 118 Å². The fraction of sp³-hybridized carbons (Fsp3) is 0.611. The van der Waals surface area contributed by atoms with E-state index in [1.54, 1.807) is 12.4 Å². The third-order valence-corrected chi connectivity index (χ3v) is 4.83. The number of nitrogens with zero attached hydrogens (tertiary/aromatic N) is 6. The van der Waals surface area contributed by atoms with Gasteiger partial charge in [-0.05, 0) is 33.2 Å². The molecule has 2 N–H and O–H groups in total. The van der Waals surface area contributed by atoms with Crippen molar-refractivity contribution in [2.24, 2.45) is 0 Å². The molecular weight excluding hydrogens is 362 g/mol. The third-order valence-electron chi connectivity index (χ3n) is 4.83. The molecule has 0 bridgehead atoms. The van der Waals surface area contributed by atoms with Crippen molar-refractivity contribution < 1.29 is 14.7 Å². The predicted molar refractivity (Wildman–Crippen MR) is 100 cm³/mol. The van der Waals surface area contributed by atoms with Gasteiger partial charge in [0.15, 0.2) is 0 Å². The second-order valence-electron chi connectivity index (χ2n) is 7.43. The van der Waals surface area contributed by atoms with Crippen LogP contribution in [0.2, 0.25) is 0 Å². The number of aromatic nitrogens is 5. The Morgan fingerprint density at radius 3 is 2.86 bits per heavy atom. The zero-order valence-electron chi connectivity index (χ0n) is 16.3. The van der Waals surface area contributed by atoms with Gasteiger partial charge < -0.3 is 10.4 Å². The quantitative estimate of drug-likeness (QED) is 0.686. The summed E-state index contributed by atoms with van der Waals surface area (Å²) in [6.07, 6.45) is 7.91. The number of nitrogens with one attached hydrogen (secondary N) is 1. The molecular formula is C18H27N7O3. The van der Waals surface area contributed by atoms with Gasteiger partial charge in [0.2, 0.25) is 5.91 Å². The lowest BCUT2D eigenvalue weighted by Gasteiger charge is -2.31. The first-order chi connectivity index (χ1) is 13.4. The van der Waals surface area contributed by atoms with Gasteiger partial charge in [-0.1, -0.05) is 11.6 Å². The highest BCUT2D eigenvalue weighted by atomic mass is 16.4. The van der Waals surface area contributed by atoms with Gasteiger partial charge in [0.25, 0.3) is 0 Å². The van der Waals surface area contributed by atoms with Crippen molar-refractivity contribution in [2.45, 2.75) is 64.8 Å². The third kappa shape index (κ3) is 5.16. The number of aliphatic carboxylic acids is 1. The molecule has 0 saturated carbocycles. The number of rotatable bonds is 8. The van der Waals surface area contributed by atoms with E-state index in [4.69, 9.17) is 0 Å². The van der Waals surface area contributed by atoms with E-state index in [9.17, 15) is 14.7 Å². The molecule has 1 saturated heterocycles. The van der Waals surface area contributed by atoms with Crippen molar-refractivity contribution in [2.75, 3.05) is 6.54 Å². The highest BCUT2D eigenvalue weighted by molar-refractivity contribution is 5.75. The van der Waals surface area contributed by atoms with Crippen LogP contribution in [0.25, 0.3) is 0 Å². The van der Waals surface area contributed by atoms with Gasteiger partial charge in [-0.3, -0.25) is 19.2 Å². The SMILES string of the molecule is CC(C)n1cc(CNC(=O)Cn2cc(CN3CCCCC3C(=O)O)nn2)cn1. The summed E-state index contributed by atoms with van der Waals surface area (Å²) in [5, 5.41) is 24.5. The number of amides is 1. The molecule has 2 aromatic rings. The molecule has 1 unspecified atom stereocenters. The fourth-order valence-electron chi connectivity index (χ4n) is 3.31. The van der Waals surface area contributed by atoms with Gasteiger partial charge in [0.1, 0.15) is 12.6 Å². The second kappa shape index (κ2) is 8.96. The summed E-state index contributed by atoms with van der Waals surface area (Å²) in [7, 11) is 0. The number of carbonyl (C=O) groups excluding carboxylic acids is 1. The first kappa shape index (κ1) is 20.0. The molecule has 1 aliphatic heterocycles. The minimum Gasteiger partial charge on any atom is -0.480 e. The van der Waals surface area contributed by atoms with E-state index >= 15 is 0 Å². The van der Waals surface area contributed by atoms with Crippen LogP contribution in [0.15, 0.2) is 18.6 Å². The van der Waals surface area contributed by atoms with Gasteiger partial charge in [-0.2, -0.15) is 5.10 Å². The van der Waals surface area contributed by atoms with Gasteiger partial charge in [-0.15, -0.1) is 5.10 Å². The molecule has 1 amide bonds. The zero-order chi connectivity index (χ0) is 20.1. The maximum atomic E-state index is 12.2. The maximum absolute atomic E-state index is 12.2. The fourth-order valence-corrected chi connectivity index (χ4v) is 3.31. The second-order valence-corrected chi connectivity index (χ2v) is 7.43. The van der Waals surface area contributed by atoms with E-state index in [0.717, 1.165) is 24.9 Å². The Morgan fingerprint density at radius 2 is 2.14 bits per heavy atom. The van der Waals surface area contributed by atoms with Crippen molar-refractivity contribution in [3.8, 4) is 0 Å². The lowest BCUT2D eigenvalue weighted by Crippen LogP contribution is -2.44. The molecule has 0 spiro atoms. The number of hydrogen-bond donors (Lipinski definition) is 2. The van der Waals surface area contributed by atoms with Crippen LogP contribution in [0.5, 0.6) is 0 Å². The average molecular weight is 389 g/mol. The average Bonchev–Trinajstić information content (AvgIpc) is 3.30. The van der Waals surface area contributed by atoms with Gasteiger partial charge in [-0.25, -0.2) is 4.68 Å². The Kier molecular flexibility index (Phi) is 6.40. The van der Waals surface area contributed by atoms with Crippen LogP contribution in [0.4, 0.5) is 0 Å². The molecule has 152 valence electrons. The van der Waals surface area contributed by atoms with E-state index in [1.165, 1.54) is 4.68 Å². The Hall–Kier alpha value is -2.75. The minimum atomic E-state index is -0.799. The number of hydrogen-bond acceptors (Lipinski definition) is 6. The van der Waals surface area contributed by atoms with Crippen LogP contribution in [-0.4, -0.2) is 59.2 Å². The van der Waals surface area contributed by atoms with Crippen LogP contribution >= 0.6 is 0 Å². The summed E-state index contributed by atoms with van der Waals surface area (Å²) >= 11 is 0.